The highest BCUT2D eigenvalue weighted by Gasteiger charge is 2.38. The number of benzene rings is 1. The smallest absolute Gasteiger partial charge is 0.481 e. The van der Waals surface area contributed by atoms with Gasteiger partial charge >= 0.3 is 18.1 Å². The van der Waals surface area contributed by atoms with Crippen molar-refractivity contribution in [3.05, 3.63) is 35.4 Å². The van der Waals surface area contributed by atoms with Crippen molar-refractivity contribution >= 4 is 35.6 Å². The minimum absolute atomic E-state index is 0.0226. The van der Waals surface area contributed by atoms with Gasteiger partial charge in [0.2, 0.25) is 5.91 Å². The van der Waals surface area contributed by atoms with Crippen LogP contribution in [0.15, 0.2) is 24.3 Å². The van der Waals surface area contributed by atoms with Crippen molar-refractivity contribution in [1.29, 1.82) is 5.41 Å². The number of carbonyl (C=O) groups excluding carboxylic acids is 1. The maximum Gasteiger partial charge on any atom is 0.490 e. The average molecular weight is 444 g/mol. The Balaban J connectivity index is 0.000000592. The third-order valence-electron chi connectivity index (χ3n) is 4.07. The first kappa shape index (κ1) is 25.5. The van der Waals surface area contributed by atoms with Crippen molar-refractivity contribution in [2.75, 3.05) is 11.9 Å². The molecule has 1 heterocycles. The van der Waals surface area contributed by atoms with E-state index in [0.29, 0.717) is 13.0 Å². The summed E-state index contributed by atoms with van der Waals surface area (Å²) in [5, 5.41) is 28.6. The van der Waals surface area contributed by atoms with E-state index < -0.39 is 24.0 Å². The Bertz CT molecular complexity index is 855. The van der Waals surface area contributed by atoms with Crippen LogP contribution in [-0.4, -0.2) is 46.7 Å². The Morgan fingerprint density at radius 3 is 2.52 bits per heavy atom. The largest absolute Gasteiger partial charge is 0.490 e. The number of nitrogens with one attached hydrogen (secondary N) is 3. The minimum atomic E-state index is -5.08. The second-order valence-corrected chi connectivity index (χ2v) is 6.59. The second-order valence-electron chi connectivity index (χ2n) is 6.59. The number of hydrogen-bond acceptors (Lipinski definition) is 4. The number of fused-ring (bicyclic) bond motifs is 1. The summed E-state index contributed by atoms with van der Waals surface area (Å²) in [5.74, 6) is -4.48. The van der Waals surface area contributed by atoms with Gasteiger partial charge in [-0.3, -0.25) is 15.0 Å². The van der Waals surface area contributed by atoms with Crippen LogP contribution in [0.3, 0.4) is 0 Å². The molecule has 1 unspecified atom stereocenters. The number of rotatable bonds is 7. The standard InChI is InChI=1S/C17H22N4O3.C2HF3O2/c18-17(19)20-7-3-1-2-4-11-5-6-12-9-13(10-15(22)23)16(24)21-14(12)8-11;3-2(4,5)1(6)7/h2,4-6,8,13H,1,3,7,9-10H2,(H,21,24)(H,22,23)(H4,18,19,20);(H,6,7)/b4-2+;. The molecule has 1 aliphatic heterocycles. The molecule has 1 amide bonds. The molecular weight excluding hydrogens is 421 g/mol. The zero-order valence-corrected chi connectivity index (χ0v) is 16.3. The summed E-state index contributed by atoms with van der Waals surface area (Å²) in [6.45, 7) is 0.658. The fourth-order valence-electron chi connectivity index (χ4n) is 2.62. The highest BCUT2D eigenvalue weighted by Crippen LogP contribution is 2.28. The fraction of sp³-hybridized carbons (Fsp3) is 0.368. The highest BCUT2D eigenvalue weighted by molar-refractivity contribution is 5.97. The number of amides is 1. The Kier molecular flexibility index (Phi) is 9.51. The molecule has 0 saturated carbocycles. The van der Waals surface area contributed by atoms with Gasteiger partial charge in [0.15, 0.2) is 5.96 Å². The number of aliphatic carboxylic acids is 2. The van der Waals surface area contributed by atoms with E-state index in [2.05, 4.69) is 10.6 Å². The molecule has 1 aliphatic rings. The zero-order valence-electron chi connectivity index (χ0n) is 16.3. The molecule has 0 spiro atoms. The molecule has 0 aliphatic carbocycles. The molecule has 0 aromatic heterocycles. The van der Waals surface area contributed by atoms with Crippen LogP contribution in [0, 0.1) is 11.3 Å². The van der Waals surface area contributed by atoms with E-state index in [1.807, 2.05) is 30.4 Å². The van der Waals surface area contributed by atoms with Gasteiger partial charge in [-0.25, -0.2) is 4.79 Å². The Labute approximate surface area is 175 Å². The Hall–Kier alpha value is -3.57. The third kappa shape index (κ3) is 9.65. The number of halogens is 3. The molecular formula is C19H23F3N4O5. The van der Waals surface area contributed by atoms with Crippen molar-refractivity contribution in [2.24, 2.45) is 11.7 Å². The van der Waals surface area contributed by atoms with Crippen LogP contribution in [0.4, 0.5) is 18.9 Å². The first-order chi connectivity index (χ1) is 14.4. The van der Waals surface area contributed by atoms with E-state index >= 15 is 0 Å². The van der Waals surface area contributed by atoms with Gasteiger partial charge < -0.3 is 26.6 Å². The number of guanidine groups is 1. The zero-order chi connectivity index (χ0) is 23.6. The van der Waals surface area contributed by atoms with Gasteiger partial charge in [0.25, 0.3) is 0 Å². The number of carbonyl (C=O) groups is 3. The summed E-state index contributed by atoms with van der Waals surface area (Å²) in [7, 11) is 0. The van der Waals surface area contributed by atoms with Gasteiger partial charge in [0.1, 0.15) is 0 Å². The molecule has 1 atom stereocenters. The number of hydrogen-bond donors (Lipinski definition) is 6. The van der Waals surface area contributed by atoms with Crippen LogP contribution < -0.4 is 16.4 Å². The van der Waals surface area contributed by atoms with Gasteiger partial charge in [0, 0.05) is 12.2 Å². The van der Waals surface area contributed by atoms with Crippen LogP contribution in [-0.2, 0) is 20.8 Å². The molecule has 0 bridgehead atoms. The van der Waals surface area contributed by atoms with E-state index in [4.69, 9.17) is 26.2 Å². The molecule has 0 fully saturated rings. The lowest BCUT2D eigenvalue weighted by atomic mass is 9.90. The molecule has 7 N–H and O–H groups in total. The van der Waals surface area contributed by atoms with Crippen molar-refractivity contribution in [3.8, 4) is 0 Å². The Morgan fingerprint density at radius 2 is 1.97 bits per heavy atom. The lowest BCUT2D eigenvalue weighted by Crippen LogP contribution is -2.31. The molecule has 170 valence electrons. The average Bonchev–Trinajstić information content (AvgIpc) is 2.64. The topological polar surface area (TPSA) is 166 Å². The minimum Gasteiger partial charge on any atom is -0.481 e. The maximum atomic E-state index is 12.0. The summed E-state index contributed by atoms with van der Waals surface area (Å²) in [4.78, 5) is 31.7. The number of allylic oxidation sites excluding steroid dienone is 1. The van der Waals surface area contributed by atoms with Crippen LogP contribution in [0.5, 0.6) is 0 Å². The fourth-order valence-corrected chi connectivity index (χ4v) is 2.62. The van der Waals surface area contributed by atoms with Crippen molar-refractivity contribution in [1.82, 2.24) is 5.32 Å². The summed E-state index contributed by atoms with van der Waals surface area (Å²) in [6.07, 6.45) is 0.944. The predicted molar refractivity (Wildman–Crippen MR) is 106 cm³/mol. The van der Waals surface area contributed by atoms with E-state index in [9.17, 15) is 22.8 Å². The first-order valence-electron chi connectivity index (χ1n) is 9.10. The summed E-state index contributed by atoms with van der Waals surface area (Å²) < 4.78 is 31.7. The highest BCUT2D eigenvalue weighted by atomic mass is 19.4. The lowest BCUT2D eigenvalue weighted by molar-refractivity contribution is -0.192. The number of carboxylic acids is 2. The summed E-state index contributed by atoms with van der Waals surface area (Å²) in [6, 6.07) is 5.79. The van der Waals surface area contributed by atoms with Crippen molar-refractivity contribution in [2.45, 2.75) is 31.9 Å². The quantitative estimate of drug-likeness (QED) is 0.213. The molecule has 9 nitrogen and oxygen atoms in total. The van der Waals surface area contributed by atoms with Gasteiger partial charge in [-0.15, -0.1) is 0 Å². The normalized spacial score (nSPS) is 15.3. The van der Waals surface area contributed by atoms with E-state index in [1.165, 1.54) is 0 Å². The van der Waals surface area contributed by atoms with E-state index in [0.717, 1.165) is 29.7 Å². The second kappa shape index (κ2) is 11.6. The summed E-state index contributed by atoms with van der Waals surface area (Å²) >= 11 is 0. The number of carboxylic acid groups (broad SMARTS) is 2. The molecule has 0 radical (unpaired) electrons. The molecule has 1 aromatic carbocycles. The van der Waals surface area contributed by atoms with Crippen LogP contribution >= 0.6 is 0 Å². The number of anilines is 1. The van der Waals surface area contributed by atoms with Gasteiger partial charge in [0.05, 0.1) is 12.3 Å². The number of alkyl halides is 3. The molecule has 2 rings (SSSR count). The maximum absolute atomic E-state index is 12.0. The number of unbranched alkanes of at least 4 members (excludes halogenated alkanes) is 1. The summed E-state index contributed by atoms with van der Waals surface area (Å²) in [5.41, 5.74) is 7.89. The first-order valence-corrected chi connectivity index (χ1v) is 9.10. The van der Waals surface area contributed by atoms with Crippen LogP contribution in [0.1, 0.15) is 30.4 Å². The van der Waals surface area contributed by atoms with Crippen LogP contribution in [0.2, 0.25) is 0 Å². The van der Waals surface area contributed by atoms with Gasteiger partial charge in [-0.1, -0.05) is 24.3 Å². The van der Waals surface area contributed by atoms with Crippen molar-refractivity contribution in [3.63, 3.8) is 0 Å². The lowest BCUT2D eigenvalue weighted by Gasteiger charge is -2.23. The van der Waals surface area contributed by atoms with Crippen LogP contribution in [0.25, 0.3) is 6.08 Å². The third-order valence-corrected chi connectivity index (χ3v) is 4.07. The number of nitrogens with two attached hydrogens (primary N) is 1. The molecule has 12 heteroatoms. The Morgan fingerprint density at radius 1 is 1.32 bits per heavy atom. The molecule has 31 heavy (non-hydrogen) atoms. The van der Waals surface area contributed by atoms with Crippen molar-refractivity contribution < 1.29 is 37.8 Å². The monoisotopic (exact) mass is 444 g/mol. The predicted octanol–water partition coefficient (Wildman–Crippen LogP) is 2.18. The molecule has 1 aromatic rings. The molecule has 0 saturated heterocycles. The SMILES string of the molecule is N=C(N)NCCC/C=C/c1ccc2c(c1)NC(=O)C(CC(=O)O)C2.O=C(O)C(F)(F)F. The van der Waals surface area contributed by atoms with E-state index in [-0.39, 0.29) is 18.3 Å². The van der Waals surface area contributed by atoms with E-state index in [1.54, 1.807) is 0 Å². The van der Waals surface area contributed by atoms with Gasteiger partial charge in [-0.05, 0) is 36.5 Å². The van der Waals surface area contributed by atoms with Gasteiger partial charge in [-0.2, -0.15) is 13.2 Å².